The zero-order valence-corrected chi connectivity index (χ0v) is 22.8. The fourth-order valence-corrected chi connectivity index (χ4v) is 7.79. The van der Waals surface area contributed by atoms with E-state index in [1.807, 2.05) is 0 Å². The molecule has 3 aliphatic rings. The number of thioether (sulfide) groups is 1. The number of fused-ring (bicyclic) bond motifs is 2. The van der Waals surface area contributed by atoms with Crippen LogP contribution in [0.3, 0.4) is 0 Å². The molecule has 14 heteroatoms. The van der Waals surface area contributed by atoms with Crippen LogP contribution >= 0.6 is 23.1 Å². The van der Waals surface area contributed by atoms with Crippen molar-refractivity contribution in [2.45, 2.75) is 22.4 Å². The summed E-state index contributed by atoms with van der Waals surface area (Å²) in [4.78, 5) is 57.4. The summed E-state index contributed by atoms with van der Waals surface area (Å²) in [6.45, 7) is 1.78. The Kier molecular flexibility index (Phi) is 7.16. The third-order valence-corrected chi connectivity index (χ3v) is 9.62. The number of H-pyrrole nitrogens is 1. The largest absolute Gasteiger partial charge is 0.484 e. The molecule has 4 heterocycles. The Morgan fingerprint density at radius 1 is 1.05 bits per heavy atom. The second-order valence-electron chi connectivity index (χ2n) is 9.66. The number of halogens is 3. The van der Waals surface area contributed by atoms with Gasteiger partial charge in [-0.3, -0.25) is 19.2 Å². The fraction of sp³-hybridized carbons (Fsp3) is 0.333. The summed E-state index contributed by atoms with van der Waals surface area (Å²) in [6.07, 6.45) is -4.65. The number of rotatable bonds is 5. The zero-order chi connectivity index (χ0) is 28.9. The molecule has 41 heavy (non-hydrogen) atoms. The monoisotopic (exact) mass is 605 g/mol. The first-order valence-corrected chi connectivity index (χ1v) is 14.3. The van der Waals surface area contributed by atoms with Crippen LogP contribution in [0.2, 0.25) is 0 Å². The number of carbonyl (C=O) groups excluding carboxylic acids is 3. The standard InChI is InChI=1S/C27H22F3N3O6S2/c28-27(29,30)15-2-1-3-16(12-15)33-24(35)20-19(21-23(31-26(37)41-21)40-22(20)25(33)36)14-4-6-17(7-5-14)39-13-18(34)32-8-10-38-11-9-32/h1-7,12,19-20,22H,8-11,13H2,(H,31,37)/t19-,20?,22?/m1/s1. The molecule has 3 aromatic rings. The molecule has 3 atom stereocenters. The van der Waals surface area contributed by atoms with Gasteiger partial charge in [-0.15, -0.1) is 0 Å². The van der Waals surface area contributed by atoms with Gasteiger partial charge >= 0.3 is 11.0 Å². The summed E-state index contributed by atoms with van der Waals surface area (Å²) in [5.41, 5.74) is -0.509. The number of thiazole rings is 1. The van der Waals surface area contributed by atoms with Crippen LogP contribution in [0.1, 0.15) is 21.9 Å². The number of ether oxygens (including phenoxy) is 2. The SMILES string of the molecule is O=C(COc1ccc([C@H]2c3sc(=O)[nH]c3SC3C(=O)N(c4cccc(C(F)(F)F)c4)C(=O)C32)cc1)N1CCOCC1. The van der Waals surface area contributed by atoms with Crippen molar-refractivity contribution in [1.29, 1.82) is 0 Å². The predicted octanol–water partition coefficient (Wildman–Crippen LogP) is 3.49. The molecule has 0 spiro atoms. The number of amides is 3. The second-order valence-corrected chi connectivity index (χ2v) is 11.8. The lowest BCUT2D eigenvalue weighted by Crippen LogP contribution is -2.42. The van der Waals surface area contributed by atoms with Crippen molar-refractivity contribution in [3.05, 3.63) is 74.2 Å². The van der Waals surface area contributed by atoms with Crippen LogP contribution in [0.4, 0.5) is 18.9 Å². The van der Waals surface area contributed by atoms with Gasteiger partial charge in [0.25, 0.3) is 5.91 Å². The molecule has 6 rings (SSSR count). The average molecular weight is 606 g/mol. The molecule has 0 saturated carbocycles. The van der Waals surface area contributed by atoms with E-state index in [0.29, 0.717) is 47.5 Å². The highest BCUT2D eigenvalue weighted by Crippen LogP contribution is 2.53. The molecule has 2 fully saturated rings. The Hall–Kier alpha value is -3.62. The summed E-state index contributed by atoms with van der Waals surface area (Å²) in [6, 6.07) is 10.8. The smallest absolute Gasteiger partial charge is 0.416 e. The fourth-order valence-electron chi connectivity index (χ4n) is 5.27. The van der Waals surface area contributed by atoms with Crippen LogP contribution in [0.5, 0.6) is 5.75 Å². The van der Waals surface area contributed by atoms with Crippen molar-refractivity contribution in [3.63, 3.8) is 0 Å². The minimum Gasteiger partial charge on any atom is -0.484 e. The summed E-state index contributed by atoms with van der Waals surface area (Å²) < 4.78 is 51.0. The first kappa shape index (κ1) is 27.5. The summed E-state index contributed by atoms with van der Waals surface area (Å²) in [5.74, 6) is -2.68. The van der Waals surface area contributed by atoms with E-state index in [9.17, 15) is 32.3 Å². The number of aromatic nitrogens is 1. The van der Waals surface area contributed by atoms with Crippen LogP contribution in [0.15, 0.2) is 58.4 Å². The van der Waals surface area contributed by atoms with Gasteiger partial charge in [0, 0.05) is 23.9 Å². The van der Waals surface area contributed by atoms with E-state index in [1.54, 1.807) is 29.2 Å². The Morgan fingerprint density at radius 3 is 2.49 bits per heavy atom. The van der Waals surface area contributed by atoms with E-state index >= 15 is 0 Å². The van der Waals surface area contributed by atoms with Crippen molar-refractivity contribution < 1.29 is 37.0 Å². The van der Waals surface area contributed by atoms with Gasteiger partial charge in [-0.1, -0.05) is 41.3 Å². The maximum Gasteiger partial charge on any atom is 0.416 e. The van der Waals surface area contributed by atoms with Gasteiger partial charge in [0.1, 0.15) is 11.0 Å². The van der Waals surface area contributed by atoms with Gasteiger partial charge in [-0.2, -0.15) is 13.2 Å². The average Bonchev–Trinajstić information content (AvgIpc) is 3.46. The van der Waals surface area contributed by atoms with Gasteiger partial charge in [-0.05, 0) is 35.9 Å². The van der Waals surface area contributed by atoms with Crippen LogP contribution in [0, 0.1) is 5.92 Å². The number of aromatic amines is 1. The lowest BCUT2D eigenvalue weighted by atomic mass is 9.83. The number of anilines is 1. The first-order chi connectivity index (χ1) is 19.6. The minimum absolute atomic E-state index is 0.158. The van der Waals surface area contributed by atoms with Gasteiger partial charge in [-0.25, -0.2) is 4.90 Å². The third kappa shape index (κ3) is 5.15. The molecule has 3 amide bonds. The van der Waals surface area contributed by atoms with E-state index in [1.165, 1.54) is 6.07 Å². The summed E-state index contributed by atoms with van der Waals surface area (Å²) >= 11 is 1.97. The molecule has 1 N–H and O–H groups in total. The zero-order valence-electron chi connectivity index (χ0n) is 21.2. The molecule has 2 saturated heterocycles. The van der Waals surface area contributed by atoms with Gasteiger partial charge < -0.3 is 19.4 Å². The molecule has 214 valence electrons. The highest BCUT2D eigenvalue weighted by molar-refractivity contribution is 8.00. The van der Waals surface area contributed by atoms with E-state index < -0.39 is 40.6 Å². The highest BCUT2D eigenvalue weighted by Gasteiger charge is 2.56. The number of imide groups is 1. The number of nitrogens with zero attached hydrogens (tertiary/aromatic N) is 2. The van der Waals surface area contributed by atoms with Crippen LogP contribution in [-0.4, -0.2) is 65.8 Å². The Bertz CT molecular complexity index is 1570. The Balaban J connectivity index is 1.28. The van der Waals surface area contributed by atoms with E-state index in [-0.39, 0.29) is 23.1 Å². The van der Waals surface area contributed by atoms with E-state index in [0.717, 1.165) is 46.2 Å². The summed E-state index contributed by atoms with van der Waals surface area (Å²) in [5, 5.41) is -0.489. The topological polar surface area (TPSA) is 109 Å². The summed E-state index contributed by atoms with van der Waals surface area (Å²) in [7, 11) is 0. The molecule has 1 aromatic heterocycles. The number of carbonyl (C=O) groups is 3. The second kappa shape index (κ2) is 10.7. The molecule has 9 nitrogen and oxygen atoms in total. The predicted molar refractivity (Wildman–Crippen MR) is 143 cm³/mol. The highest BCUT2D eigenvalue weighted by atomic mass is 32.2. The van der Waals surface area contributed by atoms with Gasteiger partial charge in [0.2, 0.25) is 11.8 Å². The maximum absolute atomic E-state index is 13.8. The minimum atomic E-state index is -4.65. The van der Waals surface area contributed by atoms with E-state index in [4.69, 9.17) is 9.47 Å². The van der Waals surface area contributed by atoms with Crippen LogP contribution < -0.4 is 14.5 Å². The van der Waals surface area contributed by atoms with Crippen molar-refractivity contribution in [2.24, 2.45) is 5.92 Å². The molecular weight excluding hydrogens is 583 g/mol. The molecule has 0 radical (unpaired) electrons. The number of hydrogen-bond donors (Lipinski definition) is 1. The quantitative estimate of drug-likeness (QED) is 0.444. The molecule has 2 aromatic carbocycles. The number of benzene rings is 2. The number of hydrogen-bond acceptors (Lipinski definition) is 8. The lowest BCUT2D eigenvalue weighted by molar-refractivity contribution is -0.138. The molecule has 0 bridgehead atoms. The lowest BCUT2D eigenvalue weighted by Gasteiger charge is -2.30. The Morgan fingerprint density at radius 2 is 1.78 bits per heavy atom. The first-order valence-electron chi connectivity index (χ1n) is 12.6. The van der Waals surface area contributed by atoms with E-state index in [2.05, 4.69) is 4.98 Å². The van der Waals surface area contributed by atoms with Crippen LogP contribution in [0.25, 0.3) is 0 Å². The molecule has 3 aliphatic heterocycles. The number of nitrogens with one attached hydrogen (secondary N) is 1. The van der Waals surface area contributed by atoms with Gasteiger partial charge in [0.05, 0.1) is 35.4 Å². The molecule has 0 aliphatic carbocycles. The number of morpholine rings is 1. The Labute approximate surface area is 239 Å². The van der Waals surface area contributed by atoms with Crippen molar-refractivity contribution in [3.8, 4) is 5.75 Å². The molecular formula is C27H22F3N3O6S2. The third-order valence-electron chi connectivity index (χ3n) is 7.22. The van der Waals surface area contributed by atoms with Crippen molar-refractivity contribution in [1.82, 2.24) is 9.88 Å². The van der Waals surface area contributed by atoms with Crippen molar-refractivity contribution in [2.75, 3.05) is 37.8 Å². The maximum atomic E-state index is 13.8. The van der Waals surface area contributed by atoms with Crippen molar-refractivity contribution >= 4 is 46.5 Å². The number of alkyl halides is 3. The normalized spacial score (nSPS) is 22.5. The van der Waals surface area contributed by atoms with Crippen LogP contribution in [-0.2, 0) is 25.3 Å². The molecule has 2 unspecified atom stereocenters. The van der Waals surface area contributed by atoms with Gasteiger partial charge in [0.15, 0.2) is 6.61 Å².